The van der Waals surface area contributed by atoms with Crippen molar-refractivity contribution >= 4 is 93.1 Å². The van der Waals surface area contributed by atoms with E-state index in [-0.39, 0.29) is 86.1 Å². The van der Waals surface area contributed by atoms with Crippen LogP contribution in [-0.2, 0) is 27.8 Å². The SMILES string of the molecule is ClP(N1CCCC1)N1CCCC1.O=C(SCCO)c1ccccc1.[2H]C[C@H]1O[C@@H]([B])CC1O.[2H]C[C@H]1O[C@@H]([B])CC1OP(N1CCCC1)N1CCCC1.[2H]C[C@H]1O[C@@H]([B])CC1OP(OCCSC(=O)c1ccccc1)N1CCCC1.[3H]OC.[3H]OC.[3H]OC. The molecule has 0 amide bonds. The highest BCUT2D eigenvalue weighted by atomic mass is 35.7. The molecule has 8 fully saturated rings. The van der Waals surface area contributed by atoms with E-state index in [0.29, 0.717) is 42.1 Å². The molecule has 8 heterocycles. The van der Waals surface area contributed by atoms with E-state index in [2.05, 4.69) is 38.7 Å². The summed E-state index contributed by atoms with van der Waals surface area (Å²) in [5.74, 6) is 1.04. The van der Waals surface area contributed by atoms with Gasteiger partial charge in [-0.2, -0.15) is 0 Å². The van der Waals surface area contributed by atoms with Crippen LogP contribution < -0.4 is 0 Å². The average molecular weight is 1280 g/mol. The van der Waals surface area contributed by atoms with Gasteiger partial charge in [-0.3, -0.25) is 18.9 Å². The van der Waals surface area contributed by atoms with E-state index in [0.717, 1.165) is 70.3 Å². The summed E-state index contributed by atoms with van der Waals surface area (Å²) >= 11 is 8.81. The third kappa shape index (κ3) is 29.0. The number of hydrogen-bond donors (Lipinski definition) is 5. The monoisotopic (exact) mass is 1280 g/mol. The Kier molecular flexibility index (Phi) is 37.0. The Morgan fingerprint density at radius 2 is 0.964 bits per heavy atom. The normalized spacial score (nSPS) is 28.4. The Balaban J connectivity index is 0.000000294. The van der Waals surface area contributed by atoms with Crippen molar-refractivity contribution in [2.45, 2.75) is 159 Å². The molecule has 10 rings (SSSR count). The fourth-order valence-electron chi connectivity index (χ4n) is 9.43. The molecule has 0 bridgehead atoms. The summed E-state index contributed by atoms with van der Waals surface area (Å²) in [4.78, 5) is 23.4. The van der Waals surface area contributed by atoms with Crippen molar-refractivity contribution in [1.82, 2.24) is 23.4 Å². The van der Waals surface area contributed by atoms with Crippen LogP contribution in [0.25, 0.3) is 0 Å². The Morgan fingerprint density at radius 1 is 0.602 bits per heavy atom. The zero-order valence-electron chi connectivity index (χ0n) is 55.1. The number of ether oxygens (including phenoxy) is 3. The molecule has 2 aromatic rings. The molecule has 4 unspecified atom stereocenters. The molecule has 10 atom stereocenters. The maximum Gasteiger partial charge on any atom is 0.259 e. The highest BCUT2D eigenvalue weighted by molar-refractivity contribution is 8.14. The third-order valence-corrected chi connectivity index (χ3v) is 22.3. The van der Waals surface area contributed by atoms with E-state index in [1.54, 1.807) is 12.1 Å². The largest absolute Gasteiger partial charge is 0.400 e. The maximum atomic E-state index is 12.2. The Bertz CT molecular complexity index is 2050. The van der Waals surface area contributed by atoms with Crippen LogP contribution in [0.5, 0.6) is 0 Å². The lowest BCUT2D eigenvalue weighted by atomic mass is 9.96. The van der Waals surface area contributed by atoms with Crippen molar-refractivity contribution in [2.75, 3.05) is 111 Å². The minimum absolute atomic E-state index is 0.00480. The first-order valence-corrected chi connectivity index (χ1v) is 35.2. The van der Waals surface area contributed by atoms with Gasteiger partial charge in [0.2, 0.25) is 14.5 Å². The van der Waals surface area contributed by atoms with Crippen LogP contribution in [0, 0.1) is 0 Å². The fraction of sp³-hybridized carbons (Fsp3) is 0.750. The summed E-state index contributed by atoms with van der Waals surface area (Å²) < 4.78 is 86.2. The molecular formula is C56H96B3ClN5O13P3S2. The van der Waals surface area contributed by atoms with Crippen LogP contribution in [0.4, 0.5) is 0 Å². The lowest BCUT2D eigenvalue weighted by molar-refractivity contribution is 0.0456. The second-order valence-electron chi connectivity index (χ2n) is 19.8. The van der Waals surface area contributed by atoms with Crippen molar-refractivity contribution < 1.29 is 67.0 Å². The van der Waals surface area contributed by atoms with Gasteiger partial charge in [0.1, 0.15) is 31.1 Å². The molecule has 27 heteroatoms. The molecule has 0 spiro atoms. The van der Waals surface area contributed by atoms with E-state index in [9.17, 15) is 9.59 Å². The number of aliphatic hydroxyl groups is 5. The summed E-state index contributed by atoms with van der Waals surface area (Å²) in [5.41, 5.74) is 1.40. The Morgan fingerprint density at radius 3 is 1.34 bits per heavy atom. The molecule has 8 aliphatic rings. The van der Waals surface area contributed by atoms with Crippen LogP contribution in [0.15, 0.2) is 60.7 Å². The quantitative estimate of drug-likeness (QED) is 0.0573. The molecule has 18 nitrogen and oxygen atoms in total. The van der Waals surface area contributed by atoms with Crippen molar-refractivity contribution in [3.63, 3.8) is 0 Å². The molecular weight excluding hydrogens is 1180 g/mol. The van der Waals surface area contributed by atoms with Gasteiger partial charge in [-0.15, -0.1) is 0 Å². The summed E-state index contributed by atoms with van der Waals surface area (Å²) in [7, 11) is 18.6. The van der Waals surface area contributed by atoms with Crippen molar-refractivity contribution in [3.8, 4) is 0 Å². The zero-order valence-corrected chi connectivity index (χ0v) is 54.1. The van der Waals surface area contributed by atoms with E-state index in [1.165, 1.54) is 111 Å². The fourth-order valence-corrected chi connectivity index (χ4v) is 17.3. The number of carbonyl (C=O) groups is 2. The van der Waals surface area contributed by atoms with Gasteiger partial charge in [-0.25, -0.2) is 14.0 Å². The zero-order chi connectivity index (χ0) is 65.2. The van der Waals surface area contributed by atoms with Gasteiger partial charge in [0.15, 0.2) is 8.45 Å². The maximum absolute atomic E-state index is 12.2. The first-order valence-electron chi connectivity index (χ1n) is 32.1. The van der Waals surface area contributed by atoms with Crippen LogP contribution in [0.2, 0.25) is 0 Å². The van der Waals surface area contributed by atoms with Gasteiger partial charge in [-0.05, 0) is 104 Å². The molecule has 0 aliphatic carbocycles. The number of rotatable bonds is 17. The second kappa shape index (κ2) is 45.8. The van der Waals surface area contributed by atoms with Crippen LogP contribution in [0.1, 0.15) is 129 Å². The minimum atomic E-state index is -1.22. The average Bonchev–Trinajstić information content (AvgIpc) is 3.03. The highest BCUT2D eigenvalue weighted by Gasteiger charge is 2.39. The standard InChI is InChI=1S/C18H25BNO4PS.C13H24BN2O2P.C9H10O2S.C8H16ClN2P.C5H9BO2.3CH4O/c1-14-16(13-17(19)23-14)24-25(20-9-5-6-10-20)22-11-12-26-18(21)15-7-3-2-4-8-15;1-11-12(10-13(14)17-11)18-19(15-6-2-3-7-15)16-8-4-5-9-16;10-6-7-12-9(11)8-4-2-1-3-5-8;9-12(10-5-1-2-6-10)11-7-3-4-8-11;1-3-4(7)2-5(6)8-3;3*1-2/h2-4,7-8,14,16-17H,5-6,9-13H2,1H3;11-13H,2-10H2,1H3;1-5,10H,6-7H2;1-8H2;3-5,7H,2H2,1H3;3*2H,1H3/t14-,16?,17-,25?;11-,12?,13-;;;3-,4?,5-;;;/m11..1.../s1/i2*1D;;;1D;3*2T. The van der Waals surface area contributed by atoms with Crippen molar-refractivity contribution in [3.05, 3.63) is 71.8 Å². The van der Waals surface area contributed by atoms with Crippen molar-refractivity contribution in [2.24, 2.45) is 0 Å². The van der Waals surface area contributed by atoms with E-state index in [1.807, 2.05) is 48.5 Å². The molecule has 8 saturated heterocycles. The third-order valence-electron chi connectivity index (χ3n) is 13.6. The van der Waals surface area contributed by atoms with Gasteiger partial charge >= 0.3 is 0 Å². The summed E-state index contributed by atoms with van der Waals surface area (Å²) in [6, 6.07) is 17.3. The first kappa shape index (κ1) is 67.0. The number of aliphatic hydroxyl groups excluding tert-OH is 5. The van der Waals surface area contributed by atoms with Crippen LogP contribution in [0.3, 0.4) is 0 Å². The topological polar surface area (TPSA) is 207 Å². The lowest BCUT2D eigenvalue weighted by Gasteiger charge is -2.35. The molecule has 466 valence electrons. The number of benzene rings is 2. The molecule has 2 aromatic carbocycles. The smallest absolute Gasteiger partial charge is 0.259 e. The van der Waals surface area contributed by atoms with E-state index in [4.69, 9.17) is 81.2 Å². The van der Waals surface area contributed by atoms with E-state index >= 15 is 0 Å². The van der Waals surface area contributed by atoms with Gasteiger partial charge in [0.05, 0.1) is 49.8 Å². The minimum Gasteiger partial charge on any atom is -0.400 e. The Labute approximate surface area is 527 Å². The molecule has 8 aliphatic heterocycles. The van der Waals surface area contributed by atoms with Crippen molar-refractivity contribution in [1.29, 1.82) is 4.29 Å². The predicted octanol–water partition coefficient (Wildman–Crippen LogP) is 8.35. The van der Waals surface area contributed by atoms with Gasteiger partial charge in [0.25, 0.3) is 8.53 Å². The van der Waals surface area contributed by atoms with Gasteiger partial charge < -0.3 is 53.3 Å². The summed E-state index contributed by atoms with van der Waals surface area (Å²) in [6.45, 7) is 12.3. The highest BCUT2D eigenvalue weighted by Crippen LogP contribution is 2.53. The first-order chi connectivity index (χ1) is 43.1. The van der Waals surface area contributed by atoms with Crippen LogP contribution >= 0.6 is 59.3 Å². The lowest BCUT2D eigenvalue weighted by Crippen LogP contribution is -2.30. The number of hydrogen-bond acceptors (Lipinski definition) is 20. The van der Waals surface area contributed by atoms with E-state index < -0.39 is 30.7 Å². The molecule has 0 saturated carbocycles. The molecule has 6 radical (unpaired) electrons. The second-order valence-corrected chi connectivity index (χ2v) is 27.8. The predicted molar refractivity (Wildman–Crippen MR) is 344 cm³/mol. The number of halogens is 1. The number of thioether (sulfide) groups is 2. The van der Waals surface area contributed by atoms with Gasteiger partial charge in [-0.1, -0.05) is 95.4 Å². The summed E-state index contributed by atoms with van der Waals surface area (Å²) in [5, 5.41) is 28.1. The molecule has 5 N–H and O–H groups in total. The van der Waals surface area contributed by atoms with Gasteiger partial charge in [0, 0.05) is 132 Å². The molecule has 0 aromatic heterocycles. The number of nitrogens with zero attached hydrogens (tertiary/aromatic N) is 5. The molecule has 83 heavy (non-hydrogen) atoms. The van der Waals surface area contributed by atoms with Crippen LogP contribution in [-0.4, -0.2) is 253 Å². The summed E-state index contributed by atoms with van der Waals surface area (Å²) in [6.07, 6.45) is 13.0. The number of carbonyl (C=O) groups excluding carboxylic acids is 2. The Hall–Kier alpha value is -0.385.